The lowest BCUT2D eigenvalue weighted by Crippen LogP contribution is -2.01. The number of rotatable bonds is 3. The van der Waals surface area contributed by atoms with E-state index in [9.17, 15) is 5.26 Å². The molecule has 0 fully saturated rings. The fourth-order valence-electron chi connectivity index (χ4n) is 1.98. The molecule has 1 atom stereocenters. The van der Waals surface area contributed by atoms with Gasteiger partial charge in [-0.3, -0.25) is 0 Å². The fraction of sp³-hybridized carbons (Fsp3) is 0.188. The molecular weight excluding hydrogens is 206 g/mol. The van der Waals surface area contributed by atoms with Gasteiger partial charge >= 0.3 is 0 Å². The van der Waals surface area contributed by atoms with E-state index in [0.717, 1.165) is 12.0 Å². The van der Waals surface area contributed by atoms with Crippen LogP contribution in [0.25, 0.3) is 0 Å². The number of nitrogens with zero attached hydrogens (tertiary/aromatic N) is 1. The molecule has 0 bridgehead atoms. The second-order valence-corrected chi connectivity index (χ2v) is 4.22. The molecule has 0 amide bonds. The third-order valence-corrected chi connectivity index (χ3v) is 3.04. The van der Waals surface area contributed by atoms with Gasteiger partial charge in [0.2, 0.25) is 0 Å². The molecule has 0 radical (unpaired) electrons. The lowest BCUT2D eigenvalue weighted by atomic mass is 9.91. The van der Waals surface area contributed by atoms with Crippen LogP contribution in [0.3, 0.4) is 0 Å². The molecular formula is C16H15N. The molecule has 0 saturated carbocycles. The van der Waals surface area contributed by atoms with Gasteiger partial charge in [0.25, 0.3) is 0 Å². The molecule has 0 heterocycles. The van der Waals surface area contributed by atoms with Gasteiger partial charge in [-0.15, -0.1) is 0 Å². The van der Waals surface area contributed by atoms with E-state index in [4.69, 9.17) is 0 Å². The third-order valence-electron chi connectivity index (χ3n) is 3.04. The van der Waals surface area contributed by atoms with Crippen molar-refractivity contribution in [2.45, 2.75) is 19.3 Å². The average molecular weight is 221 g/mol. The van der Waals surface area contributed by atoms with E-state index in [1.807, 2.05) is 42.5 Å². The Morgan fingerprint density at radius 2 is 1.65 bits per heavy atom. The van der Waals surface area contributed by atoms with E-state index in [1.54, 1.807) is 0 Å². The maximum Gasteiger partial charge on any atom is 0.0753 e. The van der Waals surface area contributed by atoms with Crippen molar-refractivity contribution in [3.8, 4) is 6.07 Å². The topological polar surface area (TPSA) is 23.8 Å². The standard InChI is InChI=1S/C16H15N/c1-13-7-5-6-10-15(13)11-16(12-17)14-8-3-2-4-9-14/h2-10,16H,11H2,1H3. The Morgan fingerprint density at radius 1 is 1.00 bits per heavy atom. The Balaban J connectivity index is 2.23. The minimum Gasteiger partial charge on any atom is -0.198 e. The van der Waals surface area contributed by atoms with E-state index in [-0.39, 0.29) is 5.92 Å². The van der Waals surface area contributed by atoms with Crippen molar-refractivity contribution in [1.29, 1.82) is 5.26 Å². The summed E-state index contributed by atoms with van der Waals surface area (Å²) >= 11 is 0. The second-order valence-electron chi connectivity index (χ2n) is 4.22. The van der Waals surface area contributed by atoms with Crippen molar-refractivity contribution in [2.75, 3.05) is 0 Å². The van der Waals surface area contributed by atoms with Crippen LogP contribution in [-0.2, 0) is 6.42 Å². The quantitative estimate of drug-likeness (QED) is 0.772. The molecule has 1 unspecified atom stereocenters. The van der Waals surface area contributed by atoms with Gasteiger partial charge in [0, 0.05) is 0 Å². The van der Waals surface area contributed by atoms with Crippen LogP contribution in [0.4, 0.5) is 0 Å². The molecule has 0 saturated heterocycles. The Hall–Kier alpha value is -2.07. The maximum absolute atomic E-state index is 9.28. The number of hydrogen-bond donors (Lipinski definition) is 0. The summed E-state index contributed by atoms with van der Waals surface area (Å²) in [5.74, 6) is -0.0581. The van der Waals surface area contributed by atoms with E-state index >= 15 is 0 Å². The van der Waals surface area contributed by atoms with Gasteiger partial charge in [0.05, 0.1) is 12.0 Å². The minimum absolute atomic E-state index is 0.0581. The highest BCUT2D eigenvalue weighted by Gasteiger charge is 2.11. The lowest BCUT2D eigenvalue weighted by molar-refractivity contribution is 0.843. The molecule has 2 aromatic rings. The van der Waals surface area contributed by atoms with Crippen molar-refractivity contribution in [2.24, 2.45) is 0 Å². The molecule has 1 nitrogen and oxygen atoms in total. The van der Waals surface area contributed by atoms with Gasteiger partial charge in [0.1, 0.15) is 0 Å². The van der Waals surface area contributed by atoms with Crippen LogP contribution in [-0.4, -0.2) is 0 Å². The van der Waals surface area contributed by atoms with Crippen LogP contribution in [0.2, 0.25) is 0 Å². The normalized spacial score (nSPS) is 11.8. The van der Waals surface area contributed by atoms with E-state index in [0.29, 0.717) is 0 Å². The molecule has 0 N–H and O–H groups in total. The van der Waals surface area contributed by atoms with Crippen LogP contribution in [0.5, 0.6) is 0 Å². The summed E-state index contributed by atoms with van der Waals surface area (Å²) in [5, 5.41) is 9.28. The minimum atomic E-state index is -0.0581. The van der Waals surface area contributed by atoms with Crippen molar-refractivity contribution in [1.82, 2.24) is 0 Å². The van der Waals surface area contributed by atoms with Crippen LogP contribution in [0.15, 0.2) is 54.6 Å². The first-order chi connectivity index (χ1) is 8.31. The van der Waals surface area contributed by atoms with Gasteiger partial charge in [-0.05, 0) is 30.0 Å². The van der Waals surface area contributed by atoms with Crippen LogP contribution in [0, 0.1) is 18.3 Å². The molecule has 2 rings (SSSR count). The first-order valence-corrected chi connectivity index (χ1v) is 5.80. The Morgan fingerprint density at radius 3 is 2.29 bits per heavy atom. The molecule has 0 aromatic heterocycles. The molecule has 84 valence electrons. The summed E-state index contributed by atoms with van der Waals surface area (Å²) in [7, 11) is 0. The zero-order valence-corrected chi connectivity index (χ0v) is 9.93. The summed E-state index contributed by atoms with van der Waals surface area (Å²) in [6, 6.07) is 20.6. The van der Waals surface area contributed by atoms with Crippen molar-refractivity contribution >= 4 is 0 Å². The van der Waals surface area contributed by atoms with Crippen molar-refractivity contribution in [3.63, 3.8) is 0 Å². The van der Waals surface area contributed by atoms with E-state index in [1.165, 1.54) is 11.1 Å². The van der Waals surface area contributed by atoms with Gasteiger partial charge < -0.3 is 0 Å². The Labute approximate surface area is 102 Å². The number of aryl methyl sites for hydroxylation is 1. The zero-order chi connectivity index (χ0) is 12.1. The molecule has 0 aliphatic heterocycles. The maximum atomic E-state index is 9.28. The van der Waals surface area contributed by atoms with Crippen LogP contribution >= 0.6 is 0 Å². The molecule has 1 heteroatoms. The zero-order valence-electron chi connectivity index (χ0n) is 9.93. The summed E-state index contributed by atoms with van der Waals surface area (Å²) < 4.78 is 0. The van der Waals surface area contributed by atoms with Gasteiger partial charge in [-0.2, -0.15) is 5.26 Å². The van der Waals surface area contributed by atoms with Gasteiger partial charge in [-0.25, -0.2) is 0 Å². The Bertz CT molecular complexity index is 523. The fourth-order valence-corrected chi connectivity index (χ4v) is 1.98. The average Bonchev–Trinajstić information content (AvgIpc) is 2.39. The predicted molar refractivity (Wildman–Crippen MR) is 69.7 cm³/mol. The summed E-state index contributed by atoms with van der Waals surface area (Å²) in [6.07, 6.45) is 0.785. The largest absolute Gasteiger partial charge is 0.198 e. The number of benzene rings is 2. The predicted octanol–water partition coefficient (Wildman–Crippen LogP) is 3.84. The van der Waals surface area contributed by atoms with Crippen LogP contribution < -0.4 is 0 Å². The second kappa shape index (κ2) is 5.32. The molecule has 0 spiro atoms. The third kappa shape index (κ3) is 2.73. The highest BCUT2D eigenvalue weighted by atomic mass is 14.3. The lowest BCUT2D eigenvalue weighted by Gasteiger charge is -2.11. The highest BCUT2D eigenvalue weighted by Crippen LogP contribution is 2.21. The molecule has 17 heavy (non-hydrogen) atoms. The summed E-state index contributed by atoms with van der Waals surface area (Å²) in [4.78, 5) is 0. The van der Waals surface area contributed by atoms with E-state index in [2.05, 4.69) is 25.1 Å². The SMILES string of the molecule is Cc1ccccc1CC(C#N)c1ccccc1. The number of hydrogen-bond acceptors (Lipinski definition) is 1. The van der Waals surface area contributed by atoms with Crippen LogP contribution in [0.1, 0.15) is 22.6 Å². The molecule has 0 aliphatic rings. The first kappa shape index (κ1) is 11.4. The van der Waals surface area contributed by atoms with E-state index < -0.39 is 0 Å². The van der Waals surface area contributed by atoms with Gasteiger partial charge in [0.15, 0.2) is 0 Å². The monoisotopic (exact) mass is 221 g/mol. The summed E-state index contributed by atoms with van der Waals surface area (Å²) in [6.45, 7) is 2.09. The highest BCUT2D eigenvalue weighted by molar-refractivity contribution is 5.32. The molecule has 0 aliphatic carbocycles. The van der Waals surface area contributed by atoms with Gasteiger partial charge in [-0.1, -0.05) is 54.6 Å². The van der Waals surface area contributed by atoms with Crippen molar-refractivity contribution < 1.29 is 0 Å². The Kier molecular flexibility index (Phi) is 3.57. The summed E-state index contributed by atoms with van der Waals surface area (Å²) in [5.41, 5.74) is 3.60. The smallest absolute Gasteiger partial charge is 0.0753 e. The molecule has 2 aromatic carbocycles. The first-order valence-electron chi connectivity index (χ1n) is 5.80. The number of nitriles is 1. The van der Waals surface area contributed by atoms with Crippen molar-refractivity contribution in [3.05, 3.63) is 71.3 Å².